The first-order valence-electron chi connectivity index (χ1n) is 5.21. The van der Waals surface area contributed by atoms with Crippen molar-refractivity contribution in [2.45, 2.75) is 39.5 Å². The number of nitrogens with zero attached hydrogens (tertiary/aromatic N) is 1. The lowest BCUT2D eigenvalue weighted by Crippen LogP contribution is -1.92. The Balaban J connectivity index is 2.35. The minimum atomic E-state index is 0.735. The molecule has 0 saturated carbocycles. The van der Waals surface area contributed by atoms with Gasteiger partial charge in [0.05, 0.1) is 10.7 Å². The van der Waals surface area contributed by atoms with Crippen molar-refractivity contribution >= 4 is 22.9 Å². The predicted molar refractivity (Wildman–Crippen MR) is 64.3 cm³/mol. The number of thiazole rings is 1. The van der Waals surface area contributed by atoms with E-state index in [1.54, 1.807) is 11.3 Å². The molecule has 0 amide bonds. The number of halogens is 1. The Kier molecular flexibility index (Phi) is 5.49. The third-order valence-corrected chi connectivity index (χ3v) is 3.33. The average molecular weight is 232 g/mol. The second-order valence-corrected chi connectivity index (χ2v) is 5.28. The Labute approximate surface area is 95.5 Å². The normalized spacial score (nSPS) is 11.1. The van der Waals surface area contributed by atoms with Gasteiger partial charge >= 0.3 is 0 Å². The van der Waals surface area contributed by atoms with Gasteiger partial charge in [-0.2, -0.15) is 0 Å². The molecule has 1 nitrogen and oxygen atoms in total. The van der Waals surface area contributed by atoms with Gasteiger partial charge < -0.3 is 0 Å². The molecule has 0 atom stereocenters. The summed E-state index contributed by atoms with van der Waals surface area (Å²) in [6.07, 6.45) is 4.43. The van der Waals surface area contributed by atoms with Crippen molar-refractivity contribution in [3.05, 3.63) is 16.1 Å². The van der Waals surface area contributed by atoms with E-state index in [1.165, 1.54) is 17.1 Å². The highest BCUT2D eigenvalue weighted by Crippen LogP contribution is 2.15. The molecule has 3 heteroatoms. The fraction of sp³-hybridized carbons (Fsp3) is 0.727. The van der Waals surface area contributed by atoms with Crippen LogP contribution in [0.15, 0.2) is 5.38 Å². The molecule has 0 aliphatic heterocycles. The third kappa shape index (κ3) is 4.43. The summed E-state index contributed by atoms with van der Waals surface area (Å²) in [5.41, 5.74) is 1.22. The molecule has 0 fully saturated rings. The molecule has 80 valence electrons. The van der Waals surface area contributed by atoms with Crippen LogP contribution in [0.4, 0.5) is 0 Å². The number of alkyl halides is 1. The first-order chi connectivity index (χ1) is 6.72. The third-order valence-electron chi connectivity index (χ3n) is 2.10. The van der Waals surface area contributed by atoms with E-state index in [9.17, 15) is 0 Å². The molecule has 0 unspecified atom stereocenters. The Bertz CT molecular complexity index is 258. The van der Waals surface area contributed by atoms with Crippen LogP contribution in [0.25, 0.3) is 0 Å². The Morgan fingerprint density at radius 2 is 2.21 bits per heavy atom. The molecule has 0 saturated heterocycles. The van der Waals surface area contributed by atoms with Crippen LogP contribution in [0.3, 0.4) is 0 Å². The quantitative estimate of drug-likeness (QED) is 0.677. The molecule has 0 spiro atoms. The molecular weight excluding hydrogens is 214 g/mol. The molecule has 0 aromatic carbocycles. The fourth-order valence-electron chi connectivity index (χ4n) is 1.24. The smallest absolute Gasteiger partial charge is 0.0928 e. The fourth-order valence-corrected chi connectivity index (χ4v) is 2.22. The van der Waals surface area contributed by atoms with Gasteiger partial charge in [0.25, 0.3) is 0 Å². The maximum absolute atomic E-state index is 5.64. The van der Waals surface area contributed by atoms with Crippen molar-refractivity contribution in [2.75, 3.05) is 5.88 Å². The highest BCUT2D eigenvalue weighted by molar-refractivity contribution is 7.09. The van der Waals surface area contributed by atoms with Crippen molar-refractivity contribution in [1.82, 2.24) is 4.98 Å². The summed E-state index contributed by atoms with van der Waals surface area (Å²) in [6, 6.07) is 0. The maximum atomic E-state index is 5.64. The molecule has 0 N–H and O–H groups in total. The molecule has 1 aromatic rings. The molecule has 0 aliphatic carbocycles. The minimum Gasteiger partial charge on any atom is -0.246 e. The highest BCUT2D eigenvalue weighted by Gasteiger charge is 2.02. The lowest BCUT2D eigenvalue weighted by atomic mass is 10.1. The summed E-state index contributed by atoms with van der Waals surface area (Å²) in [6.45, 7) is 4.50. The van der Waals surface area contributed by atoms with Gasteiger partial charge in [-0.15, -0.1) is 22.9 Å². The van der Waals surface area contributed by atoms with Gasteiger partial charge in [-0.05, 0) is 31.6 Å². The van der Waals surface area contributed by atoms with Gasteiger partial charge in [0, 0.05) is 11.3 Å². The van der Waals surface area contributed by atoms with Crippen molar-refractivity contribution in [2.24, 2.45) is 5.92 Å². The van der Waals surface area contributed by atoms with Crippen LogP contribution >= 0.6 is 22.9 Å². The van der Waals surface area contributed by atoms with Crippen LogP contribution in [-0.2, 0) is 12.8 Å². The first-order valence-corrected chi connectivity index (χ1v) is 6.63. The summed E-state index contributed by atoms with van der Waals surface area (Å²) in [7, 11) is 0. The average Bonchev–Trinajstić information content (AvgIpc) is 2.59. The van der Waals surface area contributed by atoms with Crippen molar-refractivity contribution in [3.63, 3.8) is 0 Å². The second-order valence-electron chi connectivity index (χ2n) is 3.96. The zero-order valence-corrected chi connectivity index (χ0v) is 10.5. The van der Waals surface area contributed by atoms with Crippen molar-refractivity contribution < 1.29 is 0 Å². The number of hydrogen-bond acceptors (Lipinski definition) is 2. The zero-order chi connectivity index (χ0) is 10.4. The topological polar surface area (TPSA) is 12.9 Å². The van der Waals surface area contributed by atoms with Crippen LogP contribution in [0.5, 0.6) is 0 Å². The second kappa shape index (κ2) is 6.41. The van der Waals surface area contributed by atoms with Gasteiger partial charge in [-0.25, -0.2) is 4.98 Å². The number of aryl methyl sites for hydroxylation is 2. The van der Waals surface area contributed by atoms with Gasteiger partial charge in [0.15, 0.2) is 0 Å². The molecule has 0 bridgehead atoms. The van der Waals surface area contributed by atoms with E-state index >= 15 is 0 Å². The Hall–Kier alpha value is -0.0800. The summed E-state index contributed by atoms with van der Waals surface area (Å²) < 4.78 is 0. The van der Waals surface area contributed by atoms with Crippen LogP contribution in [0.1, 0.15) is 37.4 Å². The number of aromatic nitrogens is 1. The Morgan fingerprint density at radius 3 is 2.86 bits per heavy atom. The first kappa shape index (κ1) is 12.0. The van der Waals surface area contributed by atoms with Gasteiger partial charge in [-0.1, -0.05) is 13.8 Å². The van der Waals surface area contributed by atoms with Gasteiger partial charge in [0.2, 0.25) is 0 Å². The van der Waals surface area contributed by atoms with E-state index in [4.69, 9.17) is 11.6 Å². The van der Waals surface area contributed by atoms with Crippen LogP contribution in [0, 0.1) is 5.92 Å². The lowest BCUT2D eigenvalue weighted by Gasteiger charge is -2.00. The molecule has 1 aromatic heterocycles. The maximum Gasteiger partial charge on any atom is 0.0928 e. The van der Waals surface area contributed by atoms with E-state index in [1.807, 2.05) is 0 Å². The minimum absolute atomic E-state index is 0.735. The van der Waals surface area contributed by atoms with Crippen molar-refractivity contribution in [3.8, 4) is 0 Å². The lowest BCUT2D eigenvalue weighted by molar-refractivity contribution is 0.585. The van der Waals surface area contributed by atoms with E-state index < -0.39 is 0 Å². The predicted octanol–water partition coefficient (Wildman–Crippen LogP) is 3.90. The van der Waals surface area contributed by atoms with E-state index in [-0.39, 0.29) is 0 Å². The summed E-state index contributed by atoms with van der Waals surface area (Å²) in [5.74, 6) is 1.50. The monoisotopic (exact) mass is 231 g/mol. The highest BCUT2D eigenvalue weighted by atomic mass is 35.5. The molecular formula is C11H18ClNS. The molecule has 1 rings (SSSR count). The van der Waals surface area contributed by atoms with Crippen molar-refractivity contribution in [1.29, 1.82) is 0 Å². The summed E-state index contributed by atoms with van der Waals surface area (Å²) >= 11 is 7.42. The standard InChI is InChI=1S/C11H18ClNS/c1-9(2)5-6-11-13-10(8-14-11)4-3-7-12/h8-9H,3-7H2,1-2H3. The van der Waals surface area contributed by atoms with Crippen LogP contribution < -0.4 is 0 Å². The summed E-state index contributed by atoms with van der Waals surface area (Å²) in [5, 5.41) is 3.45. The molecule has 0 aliphatic rings. The SMILES string of the molecule is CC(C)CCc1nc(CCCCl)cs1. The zero-order valence-electron chi connectivity index (χ0n) is 8.92. The summed E-state index contributed by atoms with van der Waals surface area (Å²) in [4.78, 5) is 4.58. The van der Waals surface area contributed by atoms with E-state index in [0.29, 0.717) is 0 Å². The van der Waals surface area contributed by atoms with E-state index in [0.717, 1.165) is 31.1 Å². The molecule has 14 heavy (non-hydrogen) atoms. The van der Waals surface area contributed by atoms with E-state index in [2.05, 4.69) is 24.2 Å². The molecule has 0 radical (unpaired) electrons. The number of hydrogen-bond donors (Lipinski definition) is 0. The Morgan fingerprint density at radius 1 is 1.43 bits per heavy atom. The number of rotatable bonds is 6. The van der Waals surface area contributed by atoms with Crippen LogP contribution in [0.2, 0.25) is 0 Å². The molecule has 1 heterocycles. The van der Waals surface area contributed by atoms with Crippen LogP contribution in [-0.4, -0.2) is 10.9 Å². The van der Waals surface area contributed by atoms with Gasteiger partial charge in [0.1, 0.15) is 0 Å². The van der Waals surface area contributed by atoms with Gasteiger partial charge in [-0.3, -0.25) is 0 Å². The largest absolute Gasteiger partial charge is 0.246 e.